The Balaban J connectivity index is 1.47. The zero-order valence-corrected chi connectivity index (χ0v) is 15.1. The van der Waals surface area contributed by atoms with Crippen LogP contribution in [0.2, 0.25) is 5.02 Å². The maximum absolute atomic E-state index is 12.1. The zero-order valence-electron chi connectivity index (χ0n) is 13.6. The summed E-state index contributed by atoms with van der Waals surface area (Å²) in [5, 5.41) is 4.43. The predicted molar refractivity (Wildman–Crippen MR) is 99.8 cm³/mol. The Bertz CT molecular complexity index is 767. The van der Waals surface area contributed by atoms with Gasteiger partial charge in [-0.05, 0) is 36.2 Å². The molecular formula is C18H18ClN3O2S. The van der Waals surface area contributed by atoms with E-state index in [1.165, 1.54) is 11.8 Å². The molecule has 2 amide bonds. The SMILES string of the molecule is O=C(CCCN1C(=O)CSc2ncccc21)NCc1ccc(Cl)cc1. The van der Waals surface area contributed by atoms with E-state index >= 15 is 0 Å². The minimum atomic E-state index is -0.0276. The zero-order chi connectivity index (χ0) is 17.6. The number of nitrogens with one attached hydrogen (secondary N) is 1. The second-order valence-corrected chi connectivity index (χ2v) is 7.07. The van der Waals surface area contributed by atoms with E-state index in [-0.39, 0.29) is 11.8 Å². The molecule has 2 aromatic rings. The number of carbonyl (C=O) groups excluding carboxylic acids is 2. The molecule has 0 saturated carbocycles. The monoisotopic (exact) mass is 375 g/mol. The van der Waals surface area contributed by atoms with Crippen molar-refractivity contribution < 1.29 is 9.59 Å². The lowest BCUT2D eigenvalue weighted by Gasteiger charge is -2.27. The summed E-state index contributed by atoms with van der Waals surface area (Å²) in [6.45, 7) is 0.995. The third-order valence-corrected chi connectivity index (χ3v) is 5.10. The Morgan fingerprint density at radius 1 is 1.28 bits per heavy atom. The van der Waals surface area contributed by atoms with Crippen LogP contribution in [0.1, 0.15) is 18.4 Å². The van der Waals surface area contributed by atoms with Crippen LogP contribution in [0.4, 0.5) is 5.69 Å². The second kappa shape index (κ2) is 8.36. The molecule has 0 radical (unpaired) electrons. The van der Waals surface area contributed by atoms with Crippen molar-refractivity contribution in [3.63, 3.8) is 0 Å². The van der Waals surface area contributed by atoms with Crippen molar-refractivity contribution in [2.75, 3.05) is 17.2 Å². The van der Waals surface area contributed by atoms with Crippen LogP contribution in [0, 0.1) is 0 Å². The molecule has 2 heterocycles. The first-order chi connectivity index (χ1) is 12.1. The van der Waals surface area contributed by atoms with Crippen LogP contribution in [0.15, 0.2) is 47.6 Å². The van der Waals surface area contributed by atoms with Crippen LogP contribution in [-0.4, -0.2) is 29.1 Å². The van der Waals surface area contributed by atoms with Crippen molar-refractivity contribution in [1.29, 1.82) is 0 Å². The fourth-order valence-electron chi connectivity index (χ4n) is 2.58. The van der Waals surface area contributed by atoms with Gasteiger partial charge in [0.15, 0.2) is 0 Å². The molecule has 5 nitrogen and oxygen atoms in total. The molecule has 0 bridgehead atoms. The molecule has 7 heteroatoms. The summed E-state index contributed by atoms with van der Waals surface area (Å²) in [6.07, 6.45) is 2.71. The van der Waals surface area contributed by atoms with Crippen molar-refractivity contribution in [2.45, 2.75) is 24.4 Å². The highest BCUT2D eigenvalue weighted by Crippen LogP contribution is 2.33. The number of benzene rings is 1. The fourth-order valence-corrected chi connectivity index (χ4v) is 3.58. The van der Waals surface area contributed by atoms with E-state index in [1.54, 1.807) is 23.2 Å². The number of hydrogen-bond acceptors (Lipinski definition) is 4. The lowest BCUT2D eigenvalue weighted by Crippen LogP contribution is -2.37. The molecule has 1 aliphatic heterocycles. The normalized spacial score (nSPS) is 13.5. The van der Waals surface area contributed by atoms with Crippen LogP contribution >= 0.6 is 23.4 Å². The van der Waals surface area contributed by atoms with Crippen molar-refractivity contribution in [2.24, 2.45) is 0 Å². The Morgan fingerprint density at radius 3 is 2.88 bits per heavy atom. The van der Waals surface area contributed by atoms with Gasteiger partial charge in [0, 0.05) is 30.7 Å². The molecule has 25 heavy (non-hydrogen) atoms. The fraction of sp³-hybridized carbons (Fsp3) is 0.278. The number of anilines is 1. The van der Waals surface area contributed by atoms with E-state index in [0.29, 0.717) is 36.7 Å². The molecule has 0 unspecified atom stereocenters. The summed E-state index contributed by atoms with van der Waals surface area (Å²) in [4.78, 5) is 30.2. The Hall–Kier alpha value is -2.05. The van der Waals surface area contributed by atoms with E-state index in [0.717, 1.165) is 16.3 Å². The van der Waals surface area contributed by atoms with E-state index in [2.05, 4.69) is 10.3 Å². The number of aromatic nitrogens is 1. The number of fused-ring (bicyclic) bond motifs is 1. The number of hydrogen-bond donors (Lipinski definition) is 1. The topological polar surface area (TPSA) is 62.3 Å². The van der Waals surface area contributed by atoms with Gasteiger partial charge in [0.25, 0.3) is 0 Å². The van der Waals surface area contributed by atoms with Gasteiger partial charge >= 0.3 is 0 Å². The summed E-state index contributed by atoms with van der Waals surface area (Å²) >= 11 is 7.30. The van der Waals surface area contributed by atoms with Gasteiger partial charge in [-0.15, -0.1) is 0 Å². The molecule has 1 aromatic carbocycles. The molecule has 3 rings (SSSR count). The number of nitrogens with zero attached hydrogens (tertiary/aromatic N) is 2. The van der Waals surface area contributed by atoms with Crippen LogP contribution in [0.25, 0.3) is 0 Å². The lowest BCUT2D eigenvalue weighted by atomic mass is 10.2. The largest absolute Gasteiger partial charge is 0.352 e. The van der Waals surface area contributed by atoms with Gasteiger partial charge in [-0.2, -0.15) is 0 Å². The molecule has 0 saturated heterocycles. The van der Waals surface area contributed by atoms with E-state index in [9.17, 15) is 9.59 Å². The molecule has 0 spiro atoms. The summed E-state index contributed by atoms with van der Waals surface area (Å²) in [6, 6.07) is 11.1. The first kappa shape index (κ1) is 17.8. The minimum absolute atomic E-state index is 0.0276. The van der Waals surface area contributed by atoms with Crippen LogP contribution in [0.5, 0.6) is 0 Å². The standard InChI is InChI=1S/C18H18ClN3O2S/c19-14-7-5-13(6-8-14)11-21-16(23)4-2-10-22-15-3-1-9-20-18(15)25-12-17(22)24/h1,3,5-9H,2,4,10-12H2,(H,21,23). The molecule has 0 aliphatic carbocycles. The smallest absolute Gasteiger partial charge is 0.237 e. The molecule has 1 N–H and O–H groups in total. The maximum Gasteiger partial charge on any atom is 0.237 e. The summed E-state index contributed by atoms with van der Waals surface area (Å²) < 4.78 is 0. The van der Waals surface area contributed by atoms with E-state index in [1.807, 2.05) is 24.3 Å². The van der Waals surface area contributed by atoms with Gasteiger partial charge in [0.2, 0.25) is 11.8 Å². The number of pyridine rings is 1. The highest BCUT2D eigenvalue weighted by atomic mass is 35.5. The van der Waals surface area contributed by atoms with Crippen molar-refractivity contribution in [3.05, 3.63) is 53.2 Å². The number of rotatable bonds is 6. The summed E-state index contributed by atoms with van der Waals surface area (Å²) in [5.74, 6) is 0.430. The minimum Gasteiger partial charge on any atom is -0.352 e. The predicted octanol–water partition coefficient (Wildman–Crippen LogP) is 3.27. The summed E-state index contributed by atoms with van der Waals surface area (Å²) in [5.41, 5.74) is 1.84. The van der Waals surface area contributed by atoms with Crippen molar-refractivity contribution >= 4 is 40.9 Å². The summed E-state index contributed by atoms with van der Waals surface area (Å²) in [7, 11) is 0. The molecule has 130 valence electrons. The second-order valence-electron chi connectivity index (χ2n) is 5.67. The molecule has 1 aromatic heterocycles. The van der Waals surface area contributed by atoms with Gasteiger partial charge in [0.05, 0.1) is 11.4 Å². The molecule has 1 aliphatic rings. The van der Waals surface area contributed by atoms with Crippen molar-refractivity contribution in [3.8, 4) is 0 Å². The Kier molecular flexibility index (Phi) is 5.94. The van der Waals surface area contributed by atoms with Gasteiger partial charge in [0.1, 0.15) is 5.03 Å². The van der Waals surface area contributed by atoms with E-state index in [4.69, 9.17) is 11.6 Å². The molecule has 0 fully saturated rings. The average molecular weight is 376 g/mol. The number of amides is 2. The van der Waals surface area contributed by atoms with E-state index < -0.39 is 0 Å². The lowest BCUT2D eigenvalue weighted by molar-refractivity contribution is -0.121. The van der Waals surface area contributed by atoms with Crippen LogP contribution in [0.3, 0.4) is 0 Å². The first-order valence-corrected chi connectivity index (χ1v) is 9.39. The average Bonchev–Trinajstić information content (AvgIpc) is 2.63. The maximum atomic E-state index is 12.1. The molecule has 0 atom stereocenters. The third kappa shape index (κ3) is 4.74. The number of carbonyl (C=O) groups is 2. The Morgan fingerprint density at radius 2 is 2.08 bits per heavy atom. The highest BCUT2D eigenvalue weighted by Gasteiger charge is 2.24. The van der Waals surface area contributed by atoms with Gasteiger partial charge in [-0.25, -0.2) is 4.98 Å². The Labute approximate surface area is 155 Å². The highest BCUT2D eigenvalue weighted by molar-refractivity contribution is 8.00. The molecular weight excluding hydrogens is 358 g/mol. The van der Waals surface area contributed by atoms with Crippen LogP contribution < -0.4 is 10.2 Å². The number of halogens is 1. The third-order valence-electron chi connectivity index (χ3n) is 3.86. The first-order valence-electron chi connectivity index (χ1n) is 8.03. The van der Waals surface area contributed by atoms with Gasteiger partial charge < -0.3 is 10.2 Å². The van der Waals surface area contributed by atoms with Crippen LogP contribution in [-0.2, 0) is 16.1 Å². The quantitative estimate of drug-likeness (QED) is 0.841. The number of thioether (sulfide) groups is 1. The van der Waals surface area contributed by atoms with Gasteiger partial charge in [-0.1, -0.05) is 35.5 Å². The van der Waals surface area contributed by atoms with Gasteiger partial charge in [-0.3, -0.25) is 9.59 Å². The van der Waals surface area contributed by atoms with Crippen molar-refractivity contribution in [1.82, 2.24) is 10.3 Å².